The molecule has 3 aromatic rings. The Bertz CT molecular complexity index is 1000. The van der Waals surface area contributed by atoms with Gasteiger partial charge in [-0.1, -0.05) is 29.4 Å². The van der Waals surface area contributed by atoms with Gasteiger partial charge in [-0.25, -0.2) is 4.98 Å². The van der Waals surface area contributed by atoms with Gasteiger partial charge in [-0.05, 0) is 18.2 Å². The maximum absolute atomic E-state index is 12.7. The van der Waals surface area contributed by atoms with E-state index >= 15 is 0 Å². The molecule has 4 N–H and O–H groups in total. The third kappa shape index (κ3) is 3.72. The number of rotatable bonds is 5. The zero-order valence-corrected chi connectivity index (χ0v) is 14.6. The normalized spacial score (nSPS) is 10.9. The molecule has 128 valence electrons. The van der Waals surface area contributed by atoms with Crippen molar-refractivity contribution in [2.24, 2.45) is 0 Å². The molecule has 3 rings (SSSR count). The third-order valence-corrected chi connectivity index (χ3v) is 4.45. The van der Waals surface area contributed by atoms with Crippen molar-refractivity contribution in [2.45, 2.75) is 17.5 Å². The number of halogens is 1. The average molecular weight is 376 g/mol. The largest absolute Gasteiger partial charge is 0.368 e. The van der Waals surface area contributed by atoms with Gasteiger partial charge in [0.25, 0.3) is 5.56 Å². The van der Waals surface area contributed by atoms with Crippen LogP contribution in [0.5, 0.6) is 0 Å². The van der Waals surface area contributed by atoms with Crippen molar-refractivity contribution in [3.8, 4) is 0 Å². The van der Waals surface area contributed by atoms with Crippen LogP contribution in [0.15, 0.2) is 40.8 Å². The standard InChI is InChI=1S/C15H14ClN7OS/c1-2-5-23-12(24)9-6-8(16)3-4-10(9)19-15(23)25-7-11-20-13(17)22-14(18)21-11/h2-4,6H,1,5,7H2,(H4,17,18,20,21,22). The van der Waals surface area contributed by atoms with Gasteiger partial charge in [0.2, 0.25) is 11.9 Å². The van der Waals surface area contributed by atoms with Crippen LogP contribution >= 0.6 is 23.4 Å². The SMILES string of the molecule is C=CCn1c(SCc2nc(N)nc(N)n2)nc2ccc(Cl)cc2c1=O. The van der Waals surface area contributed by atoms with Gasteiger partial charge in [-0.3, -0.25) is 9.36 Å². The topological polar surface area (TPSA) is 126 Å². The van der Waals surface area contributed by atoms with Crippen molar-refractivity contribution >= 4 is 46.2 Å². The van der Waals surface area contributed by atoms with Crippen LogP contribution in [0.3, 0.4) is 0 Å². The van der Waals surface area contributed by atoms with E-state index in [4.69, 9.17) is 23.1 Å². The summed E-state index contributed by atoms with van der Waals surface area (Å²) in [6.07, 6.45) is 1.63. The lowest BCUT2D eigenvalue weighted by molar-refractivity contribution is 0.671. The molecule has 0 aliphatic carbocycles. The molecule has 0 spiro atoms. The number of fused-ring (bicyclic) bond motifs is 1. The number of aromatic nitrogens is 5. The lowest BCUT2D eigenvalue weighted by atomic mass is 10.2. The van der Waals surface area contributed by atoms with Crippen molar-refractivity contribution < 1.29 is 0 Å². The predicted molar refractivity (Wildman–Crippen MR) is 99.4 cm³/mol. The molecule has 8 nitrogen and oxygen atoms in total. The second-order valence-corrected chi connectivity index (χ2v) is 6.40. The van der Waals surface area contributed by atoms with Crippen LogP contribution in [0.1, 0.15) is 5.82 Å². The minimum atomic E-state index is -0.190. The number of benzene rings is 1. The monoisotopic (exact) mass is 375 g/mol. The van der Waals surface area contributed by atoms with Crippen molar-refractivity contribution in [3.63, 3.8) is 0 Å². The molecule has 0 fully saturated rings. The van der Waals surface area contributed by atoms with E-state index in [0.717, 1.165) is 0 Å². The highest BCUT2D eigenvalue weighted by Gasteiger charge is 2.12. The number of thioether (sulfide) groups is 1. The van der Waals surface area contributed by atoms with Crippen LogP contribution in [0, 0.1) is 0 Å². The molecule has 0 bridgehead atoms. The highest BCUT2D eigenvalue weighted by atomic mass is 35.5. The molecule has 0 radical (unpaired) electrons. The van der Waals surface area contributed by atoms with Gasteiger partial charge in [-0.15, -0.1) is 6.58 Å². The number of allylic oxidation sites excluding steroid dienone is 1. The maximum Gasteiger partial charge on any atom is 0.262 e. The second-order valence-electron chi connectivity index (χ2n) is 5.02. The highest BCUT2D eigenvalue weighted by Crippen LogP contribution is 2.22. The van der Waals surface area contributed by atoms with E-state index in [2.05, 4.69) is 26.5 Å². The Morgan fingerprint density at radius 2 is 1.92 bits per heavy atom. The van der Waals surface area contributed by atoms with Crippen molar-refractivity contribution in [2.75, 3.05) is 11.5 Å². The number of nitrogens with zero attached hydrogens (tertiary/aromatic N) is 5. The van der Waals surface area contributed by atoms with E-state index in [1.165, 1.54) is 16.3 Å². The molecule has 25 heavy (non-hydrogen) atoms. The lowest BCUT2D eigenvalue weighted by Crippen LogP contribution is -2.22. The van der Waals surface area contributed by atoms with Crippen LogP contribution in [-0.2, 0) is 12.3 Å². The quantitative estimate of drug-likeness (QED) is 0.393. The molecular formula is C15H14ClN7OS. The Hall–Kier alpha value is -2.65. The van der Waals surface area contributed by atoms with Gasteiger partial charge in [0.05, 0.1) is 16.7 Å². The van der Waals surface area contributed by atoms with E-state index < -0.39 is 0 Å². The molecule has 10 heteroatoms. The van der Waals surface area contributed by atoms with Gasteiger partial charge in [0.15, 0.2) is 5.16 Å². The van der Waals surface area contributed by atoms with Crippen LogP contribution in [-0.4, -0.2) is 24.5 Å². The number of nitrogen functional groups attached to an aromatic ring is 2. The van der Waals surface area contributed by atoms with E-state index in [1.807, 2.05) is 0 Å². The van der Waals surface area contributed by atoms with E-state index in [1.54, 1.807) is 24.3 Å². The Morgan fingerprint density at radius 3 is 2.60 bits per heavy atom. The molecule has 0 atom stereocenters. The summed E-state index contributed by atoms with van der Waals surface area (Å²) < 4.78 is 1.52. The molecule has 0 saturated carbocycles. The molecule has 0 amide bonds. The maximum atomic E-state index is 12.7. The molecule has 0 saturated heterocycles. The van der Waals surface area contributed by atoms with Gasteiger partial charge < -0.3 is 11.5 Å². The summed E-state index contributed by atoms with van der Waals surface area (Å²) in [6.45, 7) is 4.01. The number of hydrogen-bond acceptors (Lipinski definition) is 8. The first-order chi connectivity index (χ1) is 12.0. The molecule has 2 heterocycles. The first-order valence-corrected chi connectivity index (χ1v) is 8.54. The van der Waals surface area contributed by atoms with E-state index in [0.29, 0.717) is 39.2 Å². The van der Waals surface area contributed by atoms with Crippen LogP contribution in [0.25, 0.3) is 10.9 Å². The zero-order valence-electron chi connectivity index (χ0n) is 13.0. The van der Waals surface area contributed by atoms with Crippen LogP contribution in [0.2, 0.25) is 5.02 Å². The number of hydrogen-bond donors (Lipinski definition) is 2. The summed E-state index contributed by atoms with van der Waals surface area (Å²) in [5.41, 5.74) is 11.5. The van der Waals surface area contributed by atoms with Crippen molar-refractivity contribution in [3.05, 3.63) is 52.1 Å². The minimum absolute atomic E-state index is 0.0488. The second kappa shape index (κ2) is 7.08. The fraction of sp³-hybridized carbons (Fsp3) is 0.133. The van der Waals surface area contributed by atoms with Gasteiger partial charge in [0, 0.05) is 11.6 Å². The summed E-state index contributed by atoms with van der Waals surface area (Å²) in [7, 11) is 0. The molecule has 0 aliphatic rings. The predicted octanol–water partition coefficient (Wildman–Crippen LogP) is 1.88. The molecule has 0 aliphatic heterocycles. The summed E-state index contributed by atoms with van der Waals surface area (Å²) in [5.74, 6) is 0.838. The van der Waals surface area contributed by atoms with Gasteiger partial charge in [-0.2, -0.15) is 15.0 Å². The molecular weight excluding hydrogens is 362 g/mol. The minimum Gasteiger partial charge on any atom is -0.368 e. The van der Waals surface area contributed by atoms with E-state index in [-0.39, 0.29) is 17.5 Å². The summed E-state index contributed by atoms with van der Waals surface area (Å²) in [6, 6.07) is 5.00. The smallest absolute Gasteiger partial charge is 0.262 e. The third-order valence-electron chi connectivity index (χ3n) is 3.24. The number of nitrogens with two attached hydrogens (primary N) is 2. The van der Waals surface area contributed by atoms with Crippen LogP contribution < -0.4 is 17.0 Å². The molecule has 0 unspecified atom stereocenters. The molecule has 1 aromatic carbocycles. The summed E-state index contributed by atoms with van der Waals surface area (Å²) in [4.78, 5) is 29.0. The average Bonchev–Trinajstić information content (AvgIpc) is 2.56. The first kappa shape index (κ1) is 17.2. The molecule has 2 aromatic heterocycles. The van der Waals surface area contributed by atoms with Crippen molar-refractivity contribution in [1.82, 2.24) is 24.5 Å². The van der Waals surface area contributed by atoms with Gasteiger partial charge >= 0.3 is 0 Å². The lowest BCUT2D eigenvalue weighted by Gasteiger charge is -2.11. The Balaban J connectivity index is 2.02. The van der Waals surface area contributed by atoms with Gasteiger partial charge in [0.1, 0.15) is 5.82 Å². The first-order valence-electron chi connectivity index (χ1n) is 7.17. The van der Waals surface area contributed by atoms with E-state index in [9.17, 15) is 4.79 Å². The van der Waals surface area contributed by atoms with Crippen LogP contribution in [0.4, 0.5) is 11.9 Å². The Morgan fingerprint density at radius 1 is 1.20 bits per heavy atom. The highest BCUT2D eigenvalue weighted by molar-refractivity contribution is 7.98. The Labute approximate surface area is 152 Å². The Kier molecular flexibility index (Phi) is 4.86. The fourth-order valence-corrected chi connectivity index (χ4v) is 3.26. The summed E-state index contributed by atoms with van der Waals surface area (Å²) >= 11 is 7.28. The summed E-state index contributed by atoms with van der Waals surface area (Å²) in [5, 5.41) is 1.44. The zero-order chi connectivity index (χ0) is 18.0. The number of anilines is 2. The fourth-order valence-electron chi connectivity index (χ4n) is 2.22. The van der Waals surface area contributed by atoms with Crippen molar-refractivity contribution in [1.29, 1.82) is 0 Å².